The molecular formula is C6H6O3P2. The van der Waals surface area contributed by atoms with Gasteiger partial charge in [0.1, 0.15) is 0 Å². The Bertz CT molecular complexity index is 228. The normalized spacial score (nSPS) is 20.0. The average Bonchev–Trinajstić information content (AvgIpc) is 2.28. The van der Waals surface area contributed by atoms with Crippen molar-refractivity contribution in [2.75, 3.05) is 0 Å². The fourth-order valence-electron chi connectivity index (χ4n) is 0.767. The Morgan fingerprint density at radius 2 is 1.45 bits per heavy atom. The second kappa shape index (κ2) is 3.36. The molecule has 1 aliphatic heterocycles. The lowest BCUT2D eigenvalue weighted by Crippen LogP contribution is -1.78. The van der Waals surface area contributed by atoms with Gasteiger partial charge in [-0.05, 0) is 12.1 Å². The minimum Gasteiger partial charge on any atom is -0.445 e. The van der Waals surface area contributed by atoms with E-state index in [1.54, 1.807) is 0 Å². The second-order valence-electron chi connectivity index (χ2n) is 1.92. The quantitative estimate of drug-likeness (QED) is 0.585. The molecule has 0 bridgehead atoms. The van der Waals surface area contributed by atoms with Crippen LogP contribution in [0.15, 0.2) is 24.3 Å². The standard InChI is InChI=1S/C6H6O3P2/c1-2-4-6-5(3-1)7-10-9-11-8-6/h1-4,10-11H. The molecule has 2 rings (SSSR count). The van der Waals surface area contributed by atoms with Crippen molar-refractivity contribution >= 4 is 18.1 Å². The maximum atomic E-state index is 5.24. The summed E-state index contributed by atoms with van der Waals surface area (Å²) in [6, 6.07) is 7.53. The Morgan fingerprint density at radius 1 is 0.909 bits per heavy atom. The Morgan fingerprint density at radius 3 is 2.00 bits per heavy atom. The highest BCUT2D eigenvalue weighted by Gasteiger charge is 2.08. The highest BCUT2D eigenvalue weighted by Crippen LogP contribution is 2.42. The number of hydrogen-bond donors (Lipinski definition) is 0. The minimum atomic E-state index is 0.0491. The molecule has 0 aliphatic carbocycles. The van der Waals surface area contributed by atoms with E-state index in [2.05, 4.69) is 0 Å². The second-order valence-corrected chi connectivity index (χ2v) is 3.48. The molecule has 1 aliphatic rings. The van der Waals surface area contributed by atoms with Gasteiger partial charge in [-0.1, -0.05) is 12.1 Å². The molecule has 2 atom stereocenters. The van der Waals surface area contributed by atoms with Crippen molar-refractivity contribution in [3.05, 3.63) is 24.3 Å². The maximum Gasteiger partial charge on any atom is 0.221 e. The van der Waals surface area contributed by atoms with Gasteiger partial charge in [0.05, 0.1) is 0 Å². The number of fused-ring (bicyclic) bond motifs is 1. The van der Waals surface area contributed by atoms with Crippen LogP contribution in [0.4, 0.5) is 0 Å². The molecule has 58 valence electrons. The van der Waals surface area contributed by atoms with Gasteiger partial charge >= 0.3 is 0 Å². The Balaban J connectivity index is 2.33. The van der Waals surface area contributed by atoms with Gasteiger partial charge in [-0.25, -0.2) is 0 Å². The van der Waals surface area contributed by atoms with Gasteiger partial charge in [-0.15, -0.1) is 0 Å². The van der Waals surface area contributed by atoms with Gasteiger partial charge in [0.25, 0.3) is 0 Å². The molecule has 1 aromatic carbocycles. The van der Waals surface area contributed by atoms with E-state index in [1.807, 2.05) is 24.3 Å². The van der Waals surface area contributed by atoms with Gasteiger partial charge < -0.3 is 9.05 Å². The topological polar surface area (TPSA) is 27.7 Å². The summed E-state index contributed by atoms with van der Waals surface area (Å²) in [4.78, 5) is 0. The van der Waals surface area contributed by atoms with E-state index in [9.17, 15) is 0 Å². The van der Waals surface area contributed by atoms with E-state index in [-0.39, 0.29) is 18.1 Å². The molecular weight excluding hydrogens is 182 g/mol. The van der Waals surface area contributed by atoms with Crippen LogP contribution in [-0.2, 0) is 4.31 Å². The van der Waals surface area contributed by atoms with E-state index >= 15 is 0 Å². The molecule has 11 heavy (non-hydrogen) atoms. The smallest absolute Gasteiger partial charge is 0.221 e. The predicted octanol–water partition coefficient (Wildman–Crippen LogP) is 2.49. The first-order valence-corrected chi connectivity index (χ1v) is 4.69. The molecule has 2 unspecified atom stereocenters. The molecule has 0 aromatic heterocycles. The van der Waals surface area contributed by atoms with Crippen LogP contribution in [0.1, 0.15) is 0 Å². The van der Waals surface area contributed by atoms with Crippen molar-refractivity contribution < 1.29 is 13.4 Å². The Kier molecular flexibility index (Phi) is 2.23. The van der Waals surface area contributed by atoms with Crippen LogP contribution < -0.4 is 9.05 Å². The van der Waals surface area contributed by atoms with Crippen LogP contribution in [0, 0.1) is 0 Å². The van der Waals surface area contributed by atoms with Gasteiger partial charge in [0.2, 0.25) is 18.1 Å². The summed E-state index contributed by atoms with van der Waals surface area (Å²) in [7, 11) is 0.0982. The van der Waals surface area contributed by atoms with Crippen molar-refractivity contribution in [1.29, 1.82) is 0 Å². The highest BCUT2D eigenvalue weighted by molar-refractivity contribution is 7.41. The molecule has 0 spiro atoms. The van der Waals surface area contributed by atoms with Crippen LogP contribution in [0.3, 0.4) is 0 Å². The van der Waals surface area contributed by atoms with Crippen LogP contribution in [0.25, 0.3) is 0 Å². The van der Waals surface area contributed by atoms with E-state index in [1.165, 1.54) is 0 Å². The highest BCUT2D eigenvalue weighted by atomic mass is 31.2. The van der Waals surface area contributed by atoms with Crippen LogP contribution in [0.5, 0.6) is 11.5 Å². The summed E-state index contributed by atoms with van der Waals surface area (Å²) >= 11 is 0. The lowest BCUT2D eigenvalue weighted by molar-refractivity contribution is 0.548. The summed E-state index contributed by atoms with van der Waals surface area (Å²) in [5.41, 5.74) is 0. The Hall–Kier alpha value is -0.360. The molecule has 0 N–H and O–H groups in total. The largest absolute Gasteiger partial charge is 0.445 e. The SMILES string of the molecule is c1ccc2c(c1)OPOPO2. The van der Waals surface area contributed by atoms with Crippen molar-refractivity contribution in [1.82, 2.24) is 0 Å². The zero-order valence-electron chi connectivity index (χ0n) is 5.53. The number of hydrogen-bond acceptors (Lipinski definition) is 3. The third-order valence-corrected chi connectivity index (χ3v) is 2.51. The first kappa shape index (κ1) is 7.30. The lowest BCUT2D eigenvalue weighted by Gasteiger charge is -2.01. The summed E-state index contributed by atoms with van der Waals surface area (Å²) in [5.74, 6) is 1.52. The van der Waals surface area contributed by atoms with Crippen LogP contribution >= 0.6 is 18.1 Å². The Labute approximate surface area is 67.9 Å². The summed E-state index contributed by atoms with van der Waals surface area (Å²) in [6.07, 6.45) is 0. The fourth-order valence-corrected chi connectivity index (χ4v) is 1.75. The third-order valence-electron chi connectivity index (χ3n) is 1.24. The fraction of sp³-hybridized carbons (Fsp3) is 0. The molecule has 5 heteroatoms. The molecule has 0 saturated carbocycles. The predicted molar refractivity (Wildman–Crippen MR) is 45.4 cm³/mol. The number of rotatable bonds is 0. The molecule has 0 radical (unpaired) electrons. The van der Waals surface area contributed by atoms with E-state index in [0.29, 0.717) is 0 Å². The number of para-hydroxylation sites is 2. The molecule has 1 aromatic rings. The van der Waals surface area contributed by atoms with E-state index < -0.39 is 0 Å². The van der Waals surface area contributed by atoms with Crippen LogP contribution in [-0.4, -0.2) is 0 Å². The molecule has 3 nitrogen and oxygen atoms in total. The lowest BCUT2D eigenvalue weighted by atomic mass is 10.3. The molecule has 0 saturated heterocycles. The maximum absolute atomic E-state index is 5.24. The molecule has 0 fully saturated rings. The molecule has 0 amide bonds. The van der Waals surface area contributed by atoms with Gasteiger partial charge in [-0.2, -0.15) is 0 Å². The van der Waals surface area contributed by atoms with E-state index in [0.717, 1.165) is 11.5 Å². The van der Waals surface area contributed by atoms with Crippen LogP contribution in [0.2, 0.25) is 0 Å². The minimum absolute atomic E-state index is 0.0491. The van der Waals surface area contributed by atoms with E-state index in [4.69, 9.17) is 13.4 Å². The number of benzene rings is 1. The average molecular weight is 188 g/mol. The van der Waals surface area contributed by atoms with Gasteiger partial charge in [-0.3, -0.25) is 4.31 Å². The monoisotopic (exact) mass is 188 g/mol. The summed E-state index contributed by atoms with van der Waals surface area (Å²) < 4.78 is 15.5. The van der Waals surface area contributed by atoms with Gasteiger partial charge in [0.15, 0.2) is 11.5 Å². The van der Waals surface area contributed by atoms with Crippen molar-refractivity contribution in [3.63, 3.8) is 0 Å². The van der Waals surface area contributed by atoms with Gasteiger partial charge in [0, 0.05) is 0 Å². The van der Waals surface area contributed by atoms with Crippen molar-refractivity contribution in [2.24, 2.45) is 0 Å². The first-order chi connectivity index (χ1) is 5.47. The summed E-state index contributed by atoms with van der Waals surface area (Å²) in [6.45, 7) is 0. The molecule has 1 heterocycles. The third kappa shape index (κ3) is 1.62. The first-order valence-electron chi connectivity index (χ1n) is 3.05. The summed E-state index contributed by atoms with van der Waals surface area (Å²) in [5, 5.41) is 0. The zero-order chi connectivity index (χ0) is 7.52. The van der Waals surface area contributed by atoms with Crippen molar-refractivity contribution in [3.8, 4) is 11.5 Å². The van der Waals surface area contributed by atoms with Crippen molar-refractivity contribution in [2.45, 2.75) is 0 Å². The zero-order valence-corrected chi connectivity index (χ0v) is 7.53.